The van der Waals surface area contributed by atoms with Gasteiger partial charge in [0.1, 0.15) is 5.65 Å². The van der Waals surface area contributed by atoms with E-state index in [1.165, 1.54) is 6.20 Å². The van der Waals surface area contributed by atoms with E-state index >= 15 is 0 Å². The molecule has 0 saturated carbocycles. The zero-order valence-corrected chi connectivity index (χ0v) is 19.4. The minimum Gasteiger partial charge on any atom is -0.338 e. The lowest BCUT2D eigenvalue weighted by atomic mass is 10.1. The van der Waals surface area contributed by atoms with E-state index in [0.717, 1.165) is 28.7 Å². The number of hydrogen-bond donors (Lipinski definition) is 1. The van der Waals surface area contributed by atoms with Crippen molar-refractivity contribution in [2.75, 3.05) is 25.5 Å². The number of hydrogen-bond acceptors (Lipinski definition) is 7. The molecule has 0 bridgehead atoms. The van der Waals surface area contributed by atoms with E-state index in [0.29, 0.717) is 30.9 Å². The summed E-state index contributed by atoms with van der Waals surface area (Å²) in [6.07, 6.45) is 8.16. The number of amides is 1. The van der Waals surface area contributed by atoms with Gasteiger partial charge in [0.15, 0.2) is 6.29 Å². The number of rotatable bonds is 4. The first-order valence-corrected chi connectivity index (χ1v) is 10.8. The van der Waals surface area contributed by atoms with E-state index in [2.05, 4.69) is 25.0 Å². The molecule has 35 heavy (non-hydrogen) atoms. The van der Waals surface area contributed by atoms with Crippen LogP contribution < -0.4 is 5.32 Å². The van der Waals surface area contributed by atoms with Crippen LogP contribution in [0.1, 0.15) is 28.9 Å². The van der Waals surface area contributed by atoms with Gasteiger partial charge in [-0.05, 0) is 38.2 Å². The van der Waals surface area contributed by atoms with E-state index in [1.807, 2.05) is 60.1 Å². The Balaban J connectivity index is 0.000000168. The van der Waals surface area contributed by atoms with Crippen molar-refractivity contribution in [1.29, 1.82) is 0 Å². The number of piperidine rings is 1. The van der Waals surface area contributed by atoms with Crippen LogP contribution in [0, 0.1) is 6.92 Å². The van der Waals surface area contributed by atoms with Gasteiger partial charge in [-0.2, -0.15) is 0 Å². The number of anilines is 1. The van der Waals surface area contributed by atoms with Crippen LogP contribution in [0.5, 0.6) is 0 Å². The number of nitrogens with one attached hydrogen (secondary N) is 1. The fraction of sp³-hybridized carbons (Fsp3) is 0.292. The quantitative estimate of drug-likeness (QED) is 0.434. The summed E-state index contributed by atoms with van der Waals surface area (Å²) in [5.41, 5.74) is 3.35. The van der Waals surface area contributed by atoms with Gasteiger partial charge in [0.2, 0.25) is 12.3 Å². The predicted octanol–water partition coefficient (Wildman–Crippen LogP) is 4.13. The van der Waals surface area contributed by atoms with E-state index in [-0.39, 0.29) is 12.8 Å². The van der Waals surface area contributed by atoms with E-state index in [9.17, 15) is 18.4 Å². The maximum atomic E-state index is 12.4. The summed E-state index contributed by atoms with van der Waals surface area (Å²) in [7, 11) is 1.87. The van der Waals surface area contributed by atoms with Crippen LogP contribution in [0.25, 0.3) is 16.7 Å². The number of alkyl halides is 2. The Bertz CT molecular complexity index is 1220. The third-order valence-electron chi connectivity index (χ3n) is 5.22. The average Bonchev–Trinajstić information content (AvgIpc) is 3.52. The highest BCUT2D eigenvalue weighted by molar-refractivity contribution is 5.85. The van der Waals surface area contributed by atoms with Crippen LogP contribution in [0.3, 0.4) is 0 Å². The molecule has 1 aliphatic rings. The second-order valence-corrected chi connectivity index (χ2v) is 7.94. The Morgan fingerprint density at radius 3 is 2.43 bits per heavy atom. The zero-order chi connectivity index (χ0) is 25.3. The van der Waals surface area contributed by atoms with Gasteiger partial charge in [-0.15, -0.1) is 0 Å². The zero-order valence-electron chi connectivity index (χ0n) is 19.4. The lowest BCUT2D eigenvalue weighted by Crippen LogP contribution is -2.36. The van der Waals surface area contributed by atoms with Crippen LogP contribution in [0.2, 0.25) is 0 Å². The molecule has 1 N–H and O–H groups in total. The third-order valence-corrected chi connectivity index (χ3v) is 5.22. The molecule has 1 amide bonds. The van der Waals surface area contributed by atoms with Crippen molar-refractivity contribution in [2.45, 2.75) is 25.7 Å². The van der Waals surface area contributed by atoms with Crippen molar-refractivity contribution in [1.82, 2.24) is 24.6 Å². The molecule has 9 nitrogen and oxygen atoms in total. The molecular formula is C24H26F2N6O3. The van der Waals surface area contributed by atoms with Crippen LogP contribution >= 0.6 is 0 Å². The number of aldehydes is 1. The molecular weight excluding hydrogens is 458 g/mol. The third kappa shape index (κ3) is 7.51. The molecule has 1 aliphatic heterocycles. The molecule has 1 fully saturated rings. The normalized spacial score (nSPS) is 14.7. The largest absolute Gasteiger partial charge is 0.338 e. The number of fused-ring (bicyclic) bond motifs is 1. The highest BCUT2D eigenvalue weighted by Crippen LogP contribution is 2.26. The Morgan fingerprint density at radius 1 is 1.09 bits per heavy atom. The number of aryl methyl sites for hydroxylation is 1. The summed E-state index contributed by atoms with van der Waals surface area (Å²) in [5.74, 6) is -2.02. The first kappa shape index (κ1) is 25.6. The number of halogens is 2. The Morgan fingerprint density at radius 2 is 1.86 bits per heavy atom. The maximum absolute atomic E-state index is 12.4. The van der Waals surface area contributed by atoms with Gasteiger partial charge in [-0.1, -0.05) is 5.16 Å². The number of carbonyl (C=O) groups is 2. The van der Waals surface area contributed by atoms with Crippen molar-refractivity contribution < 1.29 is 22.9 Å². The number of likely N-dealkylation sites (tertiary alicyclic amines) is 1. The minimum atomic E-state index is -2.38. The molecule has 11 heteroatoms. The molecule has 0 unspecified atom stereocenters. The Labute approximate surface area is 200 Å². The van der Waals surface area contributed by atoms with Crippen LogP contribution in [-0.2, 0) is 4.79 Å². The van der Waals surface area contributed by atoms with Gasteiger partial charge in [-0.3, -0.25) is 24.5 Å². The van der Waals surface area contributed by atoms with Crippen LogP contribution in [0.4, 0.5) is 14.7 Å². The van der Waals surface area contributed by atoms with Gasteiger partial charge in [0.25, 0.3) is 5.92 Å². The van der Waals surface area contributed by atoms with Crippen molar-refractivity contribution in [3.8, 4) is 5.69 Å². The first-order valence-electron chi connectivity index (χ1n) is 10.8. The highest BCUT2D eigenvalue weighted by atomic mass is 19.3. The van der Waals surface area contributed by atoms with Gasteiger partial charge in [0, 0.05) is 61.0 Å². The molecule has 0 radical (unpaired) electrons. The topological polar surface area (TPSA) is 106 Å². The van der Waals surface area contributed by atoms with Crippen molar-refractivity contribution >= 4 is 29.6 Å². The van der Waals surface area contributed by atoms with Crippen LogP contribution in [-0.4, -0.2) is 63.3 Å². The lowest BCUT2D eigenvalue weighted by Gasteiger charge is -2.28. The molecule has 0 spiro atoms. The number of carbonyl (C=O) groups excluding carboxylic acids is 2. The van der Waals surface area contributed by atoms with Gasteiger partial charge >= 0.3 is 0 Å². The molecule has 0 aromatic carbocycles. The minimum absolute atomic E-state index is 0.0312. The molecule has 5 rings (SSSR count). The second kappa shape index (κ2) is 11.9. The summed E-state index contributed by atoms with van der Waals surface area (Å²) in [5, 5.41) is 6.57. The van der Waals surface area contributed by atoms with E-state index in [1.54, 1.807) is 12.3 Å². The van der Waals surface area contributed by atoms with Crippen molar-refractivity contribution in [3.05, 3.63) is 66.4 Å². The van der Waals surface area contributed by atoms with Crippen molar-refractivity contribution in [3.63, 3.8) is 0 Å². The Hall–Kier alpha value is -3.99. The molecule has 4 aromatic rings. The summed E-state index contributed by atoms with van der Waals surface area (Å²) < 4.78 is 31.1. The summed E-state index contributed by atoms with van der Waals surface area (Å²) in [6.45, 7) is 3.02. The fourth-order valence-corrected chi connectivity index (χ4v) is 3.21. The molecule has 5 heterocycles. The predicted molar refractivity (Wildman–Crippen MR) is 127 cm³/mol. The van der Waals surface area contributed by atoms with Gasteiger partial charge < -0.3 is 9.42 Å². The van der Waals surface area contributed by atoms with E-state index in [4.69, 9.17) is 0 Å². The molecule has 0 aliphatic carbocycles. The average molecular weight is 485 g/mol. The van der Waals surface area contributed by atoms with Gasteiger partial charge in [-0.25, -0.2) is 13.8 Å². The Kier molecular flexibility index (Phi) is 8.74. The van der Waals surface area contributed by atoms with Gasteiger partial charge in [0.05, 0.1) is 18.1 Å². The number of aromatic nitrogens is 4. The maximum Gasteiger partial charge on any atom is 0.250 e. The summed E-state index contributed by atoms with van der Waals surface area (Å²) in [4.78, 5) is 30.9. The van der Waals surface area contributed by atoms with Crippen molar-refractivity contribution in [2.24, 2.45) is 0 Å². The standard InChI is InChI=1S/C14H11N3O.C6H11F2N.C4H4N2O2/c1-10-2-3-13(8-15-10)17-5-4-12-6-11(9-18)7-16-14(12)17;1-9-4-2-6(7,8)3-5-9;7-3-5-4-1-2-6-8-4/h2-9H,1H3;2-5H2,1H3;1-3H,(H,5,7). The SMILES string of the molecule is CN1CCC(F)(F)CC1.Cc1ccc(-n2ccc3cc(C=O)cnc32)cn1.O=CNc1ccno1. The highest BCUT2D eigenvalue weighted by Gasteiger charge is 2.32. The lowest BCUT2D eigenvalue weighted by molar-refractivity contribution is -0.105. The summed E-state index contributed by atoms with van der Waals surface area (Å²) >= 11 is 0. The first-order chi connectivity index (χ1) is 16.8. The second-order valence-electron chi connectivity index (χ2n) is 7.94. The monoisotopic (exact) mass is 484 g/mol. The molecule has 0 atom stereocenters. The molecule has 4 aromatic heterocycles. The fourth-order valence-electron chi connectivity index (χ4n) is 3.21. The number of nitrogens with zero attached hydrogens (tertiary/aromatic N) is 5. The van der Waals surface area contributed by atoms with Crippen LogP contribution in [0.15, 0.2) is 59.6 Å². The smallest absolute Gasteiger partial charge is 0.250 e. The number of pyridine rings is 2. The molecule has 1 saturated heterocycles. The molecule has 184 valence electrons. The summed E-state index contributed by atoms with van der Waals surface area (Å²) in [6, 6.07) is 9.27. The van der Waals surface area contributed by atoms with E-state index < -0.39 is 5.92 Å².